The summed E-state index contributed by atoms with van der Waals surface area (Å²) in [5.41, 5.74) is 5.22. The van der Waals surface area contributed by atoms with Gasteiger partial charge in [-0.15, -0.1) is 0 Å². The highest BCUT2D eigenvalue weighted by atomic mass is 16.2. The molecule has 1 atom stereocenters. The Balaban J connectivity index is 1.71. The number of nitrogens with zero attached hydrogens (tertiary/aromatic N) is 2. The number of benzene rings is 3. The second kappa shape index (κ2) is 6.95. The molecule has 0 unspecified atom stereocenters. The quantitative estimate of drug-likeness (QED) is 0.563. The summed E-state index contributed by atoms with van der Waals surface area (Å²) in [5, 5.41) is 3.53. The number of fused-ring (bicyclic) bond motifs is 2. The van der Waals surface area contributed by atoms with Gasteiger partial charge in [-0.25, -0.2) is 4.98 Å². The van der Waals surface area contributed by atoms with Gasteiger partial charge in [0.15, 0.2) is 0 Å². The molecule has 148 valence electrons. The summed E-state index contributed by atoms with van der Waals surface area (Å²) in [6.45, 7) is 4.00. The number of amides is 1. The van der Waals surface area contributed by atoms with Crippen LogP contribution in [0.25, 0.3) is 16.6 Å². The highest BCUT2D eigenvalue weighted by Crippen LogP contribution is 2.35. The van der Waals surface area contributed by atoms with E-state index in [4.69, 9.17) is 4.98 Å². The smallest absolute Gasteiger partial charge is 0.265 e. The SMILES string of the molecule is Cc1cccc(-n2c(C[C@@H]3C(=O)Nc4ccc(C)cc43)nc3ccccc3c2=O)c1. The van der Waals surface area contributed by atoms with Crippen molar-refractivity contribution < 1.29 is 4.79 Å². The van der Waals surface area contributed by atoms with Crippen LogP contribution in [-0.2, 0) is 11.2 Å². The fraction of sp³-hybridized carbons (Fsp3) is 0.160. The summed E-state index contributed by atoms with van der Waals surface area (Å²) >= 11 is 0. The van der Waals surface area contributed by atoms with E-state index in [1.807, 2.05) is 74.5 Å². The van der Waals surface area contributed by atoms with Gasteiger partial charge in [0.1, 0.15) is 5.82 Å². The minimum absolute atomic E-state index is 0.0613. The molecule has 4 aromatic rings. The third-order valence-corrected chi connectivity index (χ3v) is 5.65. The number of para-hydroxylation sites is 1. The van der Waals surface area contributed by atoms with Gasteiger partial charge in [0, 0.05) is 12.1 Å². The molecule has 0 radical (unpaired) electrons. The predicted octanol–water partition coefficient (Wildman–Crippen LogP) is 4.28. The van der Waals surface area contributed by atoms with Crippen LogP contribution in [0.2, 0.25) is 0 Å². The minimum atomic E-state index is -0.385. The monoisotopic (exact) mass is 395 g/mol. The molecule has 1 aliphatic rings. The van der Waals surface area contributed by atoms with Crippen molar-refractivity contribution in [2.75, 3.05) is 5.32 Å². The first-order valence-corrected chi connectivity index (χ1v) is 10.0. The molecule has 1 aromatic heterocycles. The Morgan fingerprint density at radius 3 is 2.57 bits per heavy atom. The van der Waals surface area contributed by atoms with Crippen LogP contribution < -0.4 is 10.9 Å². The van der Waals surface area contributed by atoms with Gasteiger partial charge in [-0.3, -0.25) is 14.2 Å². The molecule has 2 heterocycles. The average Bonchev–Trinajstić information content (AvgIpc) is 3.03. The molecule has 0 fully saturated rings. The van der Waals surface area contributed by atoms with Crippen LogP contribution in [0.15, 0.2) is 71.5 Å². The van der Waals surface area contributed by atoms with E-state index in [0.29, 0.717) is 23.1 Å². The molecule has 5 rings (SSSR count). The summed E-state index contributed by atoms with van der Waals surface area (Å²) in [5.74, 6) is 0.136. The number of hydrogen-bond acceptors (Lipinski definition) is 3. The fourth-order valence-corrected chi connectivity index (χ4v) is 4.18. The van der Waals surface area contributed by atoms with Crippen LogP contribution in [0.4, 0.5) is 5.69 Å². The third-order valence-electron chi connectivity index (χ3n) is 5.65. The first-order chi connectivity index (χ1) is 14.5. The lowest BCUT2D eigenvalue weighted by Crippen LogP contribution is -2.26. The van der Waals surface area contributed by atoms with Crippen LogP contribution in [0.1, 0.15) is 28.4 Å². The first kappa shape index (κ1) is 18.3. The van der Waals surface area contributed by atoms with Crippen LogP contribution in [0.5, 0.6) is 0 Å². The van der Waals surface area contributed by atoms with Crippen molar-refractivity contribution >= 4 is 22.5 Å². The van der Waals surface area contributed by atoms with Crippen molar-refractivity contribution in [3.8, 4) is 5.69 Å². The van der Waals surface area contributed by atoms with Crippen molar-refractivity contribution in [2.24, 2.45) is 0 Å². The van der Waals surface area contributed by atoms with E-state index < -0.39 is 0 Å². The molecule has 1 amide bonds. The minimum Gasteiger partial charge on any atom is -0.325 e. The van der Waals surface area contributed by atoms with Gasteiger partial charge >= 0.3 is 0 Å². The number of rotatable bonds is 3. The van der Waals surface area contributed by atoms with Gasteiger partial charge in [0.2, 0.25) is 5.91 Å². The normalized spacial score (nSPS) is 15.3. The highest BCUT2D eigenvalue weighted by molar-refractivity contribution is 6.03. The number of carbonyl (C=O) groups is 1. The molecule has 30 heavy (non-hydrogen) atoms. The van der Waals surface area contributed by atoms with E-state index in [1.54, 1.807) is 10.6 Å². The summed E-state index contributed by atoms with van der Waals surface area (Å²) in [6.07, 6.45) is 0.344. The number of nitrogens with one attached hydrogen (secondary N) is 1. The van der Waals surface area contributed by atoms with Crippen LogP contribution in [0.3, 0.4) is 0 Å². The molecule has 0 aliphatic carbocycles. The zero-order chi connectivity index (χ0) is 20.8. The highest BCUT2D eigenvalue weighted by Gasteiger charge is 2.32. The molecule has 1 N–H and O–H groups in total. The number of anilines is 1. The first-order valence-electron chi connectivity index (χ1n) is 10.0. The second-order valence-corrected chi connectivity index (χ2v) is 7.86. The maximum Gasteiger partial charge on any atom is 0.265 e. The van der Waals surface area contributed by atoms with Gasteiger partial charge in [-0.1, -0.05) is 42.0 Å². The van der Waals surface area contributed by atoms with Gasteiger partial charge in [-0.2, -0.15) is 0 Å². The summed E-state index contributed by atoms with van der Waals surface area (Å²) < 4.78 is 1.65. The largest absolute Gasteiger partial charge is 0.325 e. The lowest BCUT2D eigenvalue weighted by molar-refractivity contribution is -0.117. The van der Waals surface area contributed by atoms with E-state index in [1.165, 1.54) is 0 Å². The van der Waals surface area contributed by atoms with Crippen molar-refractivity contribution in [2.45, 2.75) is 26.2 Å². The maximum absolute atomic E-state index is 13.4. The van der Waals surface area contributed by atoms with E-state index in [2.05, 4.69) is 5.32 Å². The maximum atomic E-state index is 13.4. The molecule has 3 aromatic carbocycles. The second-order valence-electron chi connectivity index (χ2n) is 7.86. The van der Waals surface area contributed by atoms with Gasteiger partial charge < -0.3 is 5.32 Å². The fourth-order valence-electron chi connectivity index (χ4n) is 4.18. The van der Waals surface area contributed by atoms with Crippen LogP contribution in [0, 0.1) is 13.8 Å². The van der Waals surface area contributed by atoms with Crippen LogP contribution in [-0.4, -0.2) is 15.5 Å². The molecular weight excluding hydrogens is 374 g/mol. The van der Waals surface area contributed by atoms with Gasteiger partial charge in [0.05, 0.1) is 22.5 Å². The number of hydrogen-bond donors (Lipinski definition) is 1. The zero-order valence-corrected chi connectivity index (χ0v) is 16.8. The average molecular weight is 395 g/mol. The topological polar surface area (TPSA) is 64.0 Å². The predicted molar refractivity (Wildman–Crippen MR) is 118 cm³/mol. The van der Waals surface area contributed by atoms with E-state index in [-0.39, 0.29) is 17.4 Å². The van der Waals surface area contributed by atoms with E-state index in [0.717, 1.165) is 28.1 Å². The third kappa shape index (κ3) is 2.99. The van der Waals surface area contributed by atoms with Crippen molar-refractivity contribution in [3.05, 3.63) is 99.6 Å². The molecule has 0 saturated heterocycles. The summed E-state index contributed by atoms with van der Waals surface area (Å²) in [7, 11) is 0. The zero-order valence-electron chi connectivity index (χ0n) is 16.8. The molecule has 5 heteroatoms. The summed E-state index contributed by atoms with van der Waals surface area (Å²) in [6, 6.07) is 21.1. The molecule has 0 saturated carbocycles. The summed E-state index contributed by atoms with van der Waals surface area (Å²) in [4.78, 5) is 31.0. The van der Waals surface area contributed by atoms with E-state index in [9.17, 15) is 9.59 Å². The Kier molecular flexibility index (Phi) is 4.24. The lowest BCUT2D eigenvalue weighted by Gasteiger charge is -2.16. The Morgan fingerprint density at radius 2 is 1.73 bits per heavy atom. The van der Waals surface area contributed by atoms with Crippen molar-refractivity contribution in [1.82, 2.24) is 9.55 Å². The standard InChI is InChI=1S/C25H21N3O2/c1-15-6-5-7-17(12-15)28-23(26-21-9-4-3-8-18(21)25(28)30)14-20-19-13-16(2)10-11-22(19)27-24(20)29/h3-13,20H,14H2,1-2H3,(H,27,29)/t20-/m0/s1. The Labute approximate surface area is 174 Å². The molecular formula is C25H21N3O2. The number of carbonyl (C=O) groups excluding carboxylic acids is 1. The molecule has 1 aliphatic heterocycles. The van der Waals surface area contributed by atoms with Gasteiger partial charge in [0.25, 0.3) is 5.56 Å². The van der Waals surface area contributed by atoms with Crippen LogP contribution >= 0.6 is 0 Å². The number of aromatic nitrogens is 2. The Morgan fingerprint density at radius 1 is 0.933 bits per heavy atom. The molecule has 5 nitrogen and oxygen atoms in total. The van der Waals surface area contributed by atoms with E-state index >= 15 is 0 Å². The Bertz CT molecular complexity index is 1370. The van der Waals surface area contributed by atoms with Crippen molar-refractivity contribution in [1.29, 1.82) is 0 Å². The van der Waals surface area contributed by atoms with Crippen molar-refractivity contribution in [3.63, 3.8) is 0 Å². The lowest BCUT2D eigenvalue weighted by atomic mass is 9.95. The van der Waals surface area contributed by atoms with Gasteiger partial charge in [-0.05, 0) is 55.3 Å². The number of aryl methyl sites for hydroxylation is 2. The molecule has 0 spiro atoms. The molecule has 0 bridgehead atoms. The Hall–Kier alpha value is -3.73.